The molecule has 1 atom stereocenters. The van der Waals surface area contributed by atoms with Gasteiger partial charge in [0.15, 0.2) is 0 Å². The number of carboxylic acid groups (broad SMARTS) is 1. The lowest BCUT2D eigenvalue weighted by atomic mass is 9.99. The Morgan fingerprint density at radius 1 is 1.08 bits per heavy atom. The van der Waals surface area contributed by atoms with Crippen LogP contribution in [-0.2, 0) is 6.54 Å². The normalized spacial score (nSPS) is 12.3. The molecule has 0 radical (unpaired) electrons. The molecule has 0 aliphatic carbocycles. The molecule has 190 valence electrons. The molecule has 3 aromatic heterocycles. The standard InChI is InChI=1S/C29H23ClN4O3S/c1-15-3-4-18(12-24(15)31-14-20-7-10-26(38-20)29(35)36)27-33-28(37-34-27)16(2)17-5-8-21-22-13-19(30)6-9-23(22)32-25(21)11-17/h3-13,16,31-32H,14H2,1-2H3,(H,35,36). The highest BCUT2D eigenvalue weighted by Gasteiger charge is 2.19. The molecule has 0 aliphatic heterocycles. The quantitative estimate of drug-likeness (QED) is 0.190. The number of aromatic carboxylic acids is 1. The van der Waals surface area contributed by atoms with E-state index < -0.39 is 5.97 Å². The predicted molar refractivity (Wildman–Crippen MR) is 151 cm³/mol. The van der Waals surface area contributed by atoms with Crippen LogP contribution >= 0.6 is 22.9 Å². The average Bonchev–Trinajstić information content (AvgIpc) is 3.66. The first-order valence-corrected chi connectivity index (χ1v) is 13.3. The number of H-pyrrole nitrogens is 1. The highest BCUT2D eigenvalue weighted by atomic mass is 35.5. The Morgan fingerprint density at radius 2 is 1.95 bits per heavy atom. The number of aromatic amines is 1. The van der Waals surface area contributed by atoms with Crippen LogP contribution in [0.2, 0.25) is 5.02 Å². The number of rotatable bonds is 7. The summed E-state index contributed by atoms with van der Waals surface area (Å²) in [5.74, 6) is 0.0441. The van der Waals surface area contributed by atoms with Crippen molar-refractivity contribution in [3.63, 3.8) is 0 Å². The Hall–Kier alpha value is -4.14. The minimum Gasteiger partial charge on any atom is -0.477 e. The molecular weight excluding hydrogens is 520 g/mol. The van der Waals surface area contributed by atoms with Crippen molar-refractivity contribution in [1.29, 1.82) is 0 Å². The molecule has 3 heterocycles. The molecular formula is C29H23ClN4O3S. The molecule has 9 heteroatoms. The molecule has 0 saturated carbocycles. The largest absolute Gasteiger partial charge is 0.477 e. The average molecular weight is 543 g/mol. The number of aryl methyl sites for hydroxylation is 1. The van der Waals surface area contributed by atoms with Crippen LogP contribution in [0.4, 0.5) is 5.69 Å². The maximum atomic E-state index is 11.2. The van der Waals surface area contributed by atoms with Crippen molar-refractivity contribution in [3.8, 4) is 11.4 Å². The molecule has 6 rings (SSSR count). The number of anilines is 1. The van der Waals surface area contributed by atoms with Crippen LogP contribution in [0.15, 0.2) is 71.3 Å². The number of benzene rings is 3. The van der Waals surface area contributed by atoms with Crippen LogP contribution in [0.3, 0.4) is 0 Å². The summed E-state index contributed by atoms with van der Waals surface area (Å²) < 4.78 is 5.68. The van der Waals surface area contributed by atoms with E-state index in [1.807, 2.05) is 56.3 Å². The number of nitrogens with one attached hydrogen (secondary N) is 2. The third-order valence-corrected chi connectivity index (χ3v) is 8.03. The molecule has 0 saturated heterocycles. The zero-order chi connectivity index (χ0) is 26.4. The Balaban J connectivity index is 1.23. The van der Waals surface area contributed by atoms with E-state index in [0.717, 1.165) is 49.1 Å². The van der Waals surface area contributed by atoms with Gasteiger partial charge in [-0.2, -0.15) is 4.98 Å². The van der Waals surface area contributed by atoms with Crippen molar-refractivity contribution in [3.05, 3.63) is 98.5 Å². The molecule has 3 aromatic carbocycles. The fourth-order valence-corrected chi connectivity index (χ4v) is 5.51. The van der Waals surface area contributed by atoms with Crippen molar-refractivity contribution in [1.82, 2.24) is 15.1 Å². The van der Waals surface area contributed by atoms with Crippen LogP contribution in [0.25, 0.3) is 33.2 Å². The second-order valence-corrected chi connectivity index (χ2v) is 10.9. The summed E-state index contributed by atoms with van der Waals surface area (Å²) in [7, 11) is 0. The predicted octanol–water partition coefficient (Wildman–Crippen LogP) is 7.86. The van der Waals surface area contributed by atoms with E-state index in [-0.39, 0.29) is 5.92 Å². The fourth-order valence-electron chi connectivity index (χ4n) is 4.56. The minimum atomic E-state index is -0.910. The molecule has 7 nitrogen and oxygen atoms in total. The van der Waals surface area contributed by atoms with Gasteiger partial charge in [0.2, 0.25) is 11.7 Å². The van der Waals surface area contributed by atoms with Gasteiger partial charge in [-0.1, -0.05) is 41.0 Å². The number of nitrogens with zero attached hydrogens (tertiary/aromatic N) is 2. The number of fused-ring (bicyclic) bond motifs is 3. The molecule has 3 N–H and O–H groups in total. The van der Waals surface area contributed by atoms with Gasteiger partial charge in [0.1, 0.15) is 4.88 Å². The van der Waals surface area contributed by atoms with E-state index >= 15 is 0 Å². The first kappa shape index (κ1) is 24.2. The van der Waals surface area contributed by atoms with Crippen LogP contribution in [-0.4, -0.2) is 26.2 Å². The first-order chi connectivity index (χ1) is 18.4. The van der Waals surface area contributed by atoms with Crippen molar-refractivity contribution in [2.45, 2.75) is 26.3 Å². The minimum absolute atomic E-state index is 0.0963. The molecule has 1 unspecified atom stereocenters. The summed E-state index contributed by atoms with van der Waals surface area (Å²) in [6.45, 7) is 4.59. The molecule has 6 aromatic rings. The van der Waals surface area contributed by atoms with Gasteiger partial charge in [-0.25, -0.2) is 4.79 Å². The summed E-state index contributed by atoms with van der Waals surface area (Å²) in [4.78, 5) is 20.6. The molecule has 0 bridgehead atoms. The number of hydrogen-bond acceptors (Lipinski definition) is 6. The van der Waals surface area contributed by atoms with E-state index in [1.165, 1.54) is 11.3 Å². The van der Waals surface area contributed by atoms with Crippen LogP contribution in [0.1, 0.15) is 44.4 Å². The third-order valence-electron chi connectivity index (χ3n) is 6.72. The Kier molecular flexibility index (Phi) is 6.13. The lowest BCUT2D eigenvalue weighted by Crippen LogP contribution is -2.00. The monoisotopic (exact) mass is 542 g/mol. The molecule has 0 amide bonds. The molecule has 0 aliphatic rings. The second-order valence-electron chi connectivity index (χ2n) is 9.25. The molecule has 38 heavy (non-hydrogen) atoms. The van der Waals surface area contributed by atoms with E-state index in [1.54, 1.807) is 6.07 Å². The van der Waals surface area contributed by atoms with E-state index in [0.29, 0.717) is 28.2 Å². The lowest BCUT2D eigenvalue weighted by Gasteiger charge is -2.10. The number of carbonyl (C=O) groups is 1. The van der Waals surface area contributed by atoms with Gasteiger partial charge in [-0.05, 0) is 67.4 Å². The number of halogens is 1. The lowest BCUT2D eigenvalue weighted by molar-refractivity contribution is 0.0702. The molecule has 0 spiro atoms. The summed E-state index contributed by atoms with van der Waals surface area (Å²) >= 11 is 7.46. The number of aromatic nitrogens is 3. The van der Waals surface area contributed by atoms with Crippen molar-refractivity contribution < 1.29 is 14.4 Å². The van der Waals surface area contributed by atoms with Gasteiger partial charge in [0.05, 0.1) is 5.92 Å². The van der Waals surface area contributed by atoms with Crippen molar-refractivity contribution in [2.75, 3.05) is 5.32 Å². The number of thiophene rings is 1. The Labute approximate surface area is 227 Å². The summed E-state index contributed by atoms with van der Waals surface area (Å²) in [5, 5.41) is 19.7. The van der Waals surface area contributed by atoms with E-state index in [4.69, 9.17) is 26.2 Å². The maximum Gasteiger partial charge on any atom is 0.345 e. The second kappa shape index (κ2) is 9.63. The maximum absolute atomic E-state index is 11.2. The summed E-state index contributed by atoms with van der Waals surface area (Å²) in [6.07, 6.45) is 0. The van der Waals surface area contributed by atoms with Gasteiger partial charge < -0.3 is 19.9 Å². The van der Waals surface area contributed by atoms with E-state index in [2.05, 4.69) is 33.7 Å². The third kappa shape index (κ3) is 4.53. The highest BCUT2D eigenvalue weighted by Crippen LogP contribution is 2.33. The number of hydrogen-bond donors (Lipinski definition) is 3. The van der Waals surface area contributed by atoms with Crippen molar-refractivity contribution in [2.24, 2.45) is 0 Å². The zero-order valence-electron chi connectivity index (χ0n) is 20.6. The highest BCUT2D eigenvalue weighted by molar-refractivity contribution is 7.13. The zero-order valence-corrected chi connectivity index (χ0v) is 22.2. The Bertz CT molecular complexity index is 1820. The van der Waals surface area contributed by atoms with Crippen LogP contribution in [0.5, 0.6) is 0 Å². The van der Waals surface area contributed by atoms with Gasteiger partial charge in [0, 0.05) is 49.5 Å². The van der Waals surface area contributed by atoms with Crippen LogP contribution in [0, 0.1) is 6.92 Å². The fraction of sp³-hybridized carbons (Fsp3) is 0.138. The summed E-state index contributed by atoms with van der Waals surface area (Å²) in [5.41, 5.74) is 5.96. The Morgan fingerprint density at radius 3 is 2.76 bits per heavy atom. The van der Waals surface area contributed by atoms with Gasteiger partial charge in [0.25, 0.3) is 0 Å². The summed E-state index contributed by atoms with van der Waals surface area (Å²) in [6, 6.07) is 21.6. The van der Waals surface area contributed by atoms with E-state index in [9.17, 15) is 4.79 Å². The van der Waals surface area contributed by atoms with Gasteiger partial charge >= 0.3 is 5.97 Å². The topological polar surface area (TPSA) is 104 Å². The van der Waals surface area contributed by atoms with Crippen molar-refractivity contribution >= 4 is 56.4 Å². The van der Waals surface area contributed by atoms with Gasteiger partial charge in [-0.3, -0.25) is 0 Å². The first-order valence-electron chi connectivity index (χ1n) is 12.1. The molecule has 0 fully saturated rings. The van der Waals surface area contributed by atoms with Gasteiger partial charge in [-0.15, -0.1) is 11.3 Å². The SMILES string of the molecule is Cc1ccc(-c2noc(C(C)c3ccc4c(c3)[nH]c3ccc(Cl)cc34)n2)cc1NCc1ccc(C(=O)O)s1. The smallest absolute Gasteiger partial charge is 0.345 e. The number of carboxylic acids is 1. The van der Waals surface area contributed by atoms with Crippen LogP contribution < -0.4 is 5.32 Å².